The van der Waals surface area contributed by atoms with Gasteiger partial charge in [-0.1, -0.05) is 35.0 Å². The van der Waals surface area contributed by atoms with Crippen molar-refractivity contribution >= 4 is 46.6 Å². The number of halogens is 6. The molecular weight excluding hydrogens is 356 g/mol. The normalized spacial score (nSPS) is 11.7. The zero-order chi connectivity index (χ0) is 14.9. The van der Waals surface area contributed by atoms with Crippen LogP contribution in [0.25, 0.3) is 0 Å². The number of aromatic nitrogens is 2. The molecule has 2 aromatic rings. The van der Waals surface area contributed by atoms with Crippen LogP contribution in [0.4, 0.5) is 13.2 Å². The van der Waals surface area contributed by atoms with Gasteiger partial charge in [-0.05, 0) is 29.8 Å². The van der Waals surface area contributed by atoms with Crippen molar-refractivity contribution in [3.63, 3.8) is 0 Å². The summed E-state index contributed by atoms with van der Waals surface area (Å²) in [5.74, 6) is 0. The van der Waals surface area contributed by atoms with Crippen molar-refractivity contribution in [2.75, 3.05) is 0 Å². The van der Waals surface area contributed by atoms with Gasteiger partial charge in [0.25, 0.3) is 0 Å². The minimum absolute atomic E-state index is 0.0655. The molecule has 0 N–H and O–H groups in total. The van der Waals surface area contributed by atoms with E-state index >= 15 is 0 Å². The van der Waals surface area contributed by atoms with E-state index in [0.717, 1.165) is 17.8 Å². The molecule has 20 heavy (non-hydrogen) atoms. The standard InChI is InChI=1S/C11H4Cl3F3N2S/c12-6-2-1-5(3-7(6)13)20-9-4-8(11(15,16)17)18-10(14)19-9/h1-4H. The zero-order valence-electron chi connectivity index (χ0n) is 9.38. The van der Waals surface area contributed by atoms with Crippen molar-refractivity contribution in [1.29, 1.82) is 0 Å². The molecule has 0 amide bonds. The van der Waals surface area contributed by atoms with E-state index in [9.17, 15) is 13.2 Å². The van der Waals surface area contributed by atoms with Crippen molar-refractivity contribution in [3.8, 4) is 0 Å². The molecule has 0 spiro atoms. The number of hydrogen-bond donors (Lipinski definition) is 0. The number of rotatable bonds is 2. The quantitative estimate of drug-likeness (QED) is 0.515. The maximum absolute atomic E-state index is 12.6. The first kappa shape index (κ1) is 15.7. The summed E-state index contributed by atoms with van der Waals surface area (Å²) < 4.78 is 37.8. The van der Waals surface area contributed by atoms with E-state index in [-0.39, 0.29) is 5.03 Å². The van der Waals surface area contributed by atoms with E-state index in [1.807, 2.05) is 0 Å². The molecule has 0 unspecified atom stereocenters. The number of nitrogens with zero attached hydrogens (tertiary/aromatic N) is 2. The molecule has 1 heterocycles. The van der Waals surface area contributed by atoms with Crippen molar-refractivity contribution in [1.82, 2.24) is 9.97 Å². The van der Waals surface area contributed by atoms with Gasteiger partial charge < -0.3 is 0 Å². The first-order chi connectivity index (χ1) is 9.25. The third kappa shape index (κ3) is 3.91. The van der Waals surface area contributed by atoms with Gasteiger partial charge in [0.15, 0.2) is 5.69 Å². The summed E-state index contributed by atoms with van der Waals surface area (Å²) in [4.78, 5) is 7.47. The molecule has 2 rings (SSSR count). The van der Waals surface area contributed by atoms with Gasteiger partial charge in [0.2, 0.25) is 5.28 Å². The predicted molar refractivity (Wildman–Crippen MR) is 72.6 cm³/mol. The molecule has 1 aromatic heterocycles. The first-order valence-electron chi connectivity index (χ1n) is 5.00. The van der Waals surface area contributed by atoms with Crippen molar-refractivity contribution < 1.29 is 13.2 Å². The van der Waals surface area contributed by atoms with Crippen LogP contribution in [0.2, 0.25) is 15.3 Å². The molecule has 1 aromatic carbocycles. The zero-order valence-corrected chi connectivity index (χ0v) is 12.5. The fourth-order valence-electron chi connectivity index (χ4n) is 1.26. The van der Waals surface area contributed by atoms with Crippen LogP contribution >= 0.6 is 46.6 Å². The lowest BCUT2D eigenvalue weighted by molar-refractivity contribution is -0.141. The summed E-state index contributed by atoms with van der Waals surface area (Å²) in [7, 11) is 0. The van der Waals surface area contributed by atoms with E-state index in [0.29, 0.717) is 14.9 Å². The summed E-state index contributed by atoms with van der Waals surface area (Å²) in [6, 6.07) is 5.50. The largest absolute Gasteiger partial charge is 0.433 e. The lowest BCUT2D eigenvalue weighted by Gasteiger charge is -2.08. The topological polar surface area (TPSA) is 25.8 Å². The Balaban J connectivity index is 2.33. The fourth-order valence-corrected chi connectivity index (χ4v) is 2.71. The lowest BCUT2D eigenvalue weighted by Crippen LogP contribution is -2.09. The van der Waals surface area contributed by atoms with Crippen molar-refractivity contribution in [2.24, 2.45) is 0 Å². The lowest BCUT2D eigenvalue weighted by atomic mass is 10.4. The average molecular weight is 360 g/mol. The van der Waals surface area contributed by atoms with Crippen LogP contribution in [0.3, 0.4) is 0 Å². The van der Waals surface area contributed by atoms with E-state index in [1.54, 1.807) is 12.1 Å². The summed E-state index contributed by atoms with van der Waals surface area (Å²) in [6.07, 6.45) is -4.58. The number of hydrogen-bond acceptors (Lipinski definition) is 3. The Hall–Kier alpha value is -0.690. The Morgan fingerprint density at radius 2 is 1.65 bits per heavy atom. The van der Waals surface area contributed by atoms with Gasteiger partial charge >= 0.3 is 6.18 Å². The second-order valence-corrected chi connectivity index (χ2v) is 5.78. The Labute approximate surface area is 131 Å². The molecule has 9 heteroatoms. The maximum Gasteiger partial charge on any atom is 0.433 e. The minimum Gasteiger partial charge on any atom is -0.213 e. The molecule has 0 bridgehead atoms. The monoisotopic (exact) mass is 358 g/mol. The summed E-state index contributed by atoms with van der Waals surface area (Å²) in [6.45, 7) is 0. The van der Waals surface area contributed by atoms with Gasteiger partial charge in [-0.25, -0.2) is 9.97 Å². The third-order valence-electron chi connectivity index (χ3n) is 2.08. The summed E-state index contributed by atoms with van der Waals surface area (Å²) in [5.41, 5.74) is -1.10. The van der Waals surface area contributed by atoms with Gasteiger partial charge in [-0.2, -0.15) is 13.2 Å². The van der Waals surface area contributed by atoms with Crippen molar-refractivity contribution in [3.05, 3.63) is 45.3 Å². The molecule has 0 saturated carbocycles. The molecule has 0 aliphatic rings. The van der Waals surface area contributed by atoms with Gasteiger partial charge in [0, 0.05) is 11.0 Å². The highest BCUT2D eigenvalue weighted by atomic mass is 35.5. The van der Waals surface area contributed by atoms with Crippen molar-refractivity contribution in [2.45, 2.75) is 16.1 Å². The van der Waals surface area contributed by atoms with E-state index in [2.05, 4.69) is 9.97 Å². The molecular formula is C11H4Cl3F3N2S. The molecule has 0 aliphatic heterocycles. The Morgan fingerprint density at radius 3 is 2.25 bits per heavy atom. The van der Waals surface area contributed by atoms with Crippen LogP contribution in [0, 0.1) is 0 Å². The third-order valence-corrected chi connectivity index (χ3v) is 3.90. The van der Waals surface area contributed by atoms with Gasteiger partial charge in [-0.3, -0.25) is 0 Å². The highest BCUT2D eigenvalue weighted by Gasteiger charge is 2.33. The van der Waals surface area contributed by atoms with Crippen LogP contribution in [-0.4, -0.2) is 9.97 Å². The molecule has 0 saturated heterocycles. The Kier molecular flexibility index (Phi) is 4.69. The van der Waals surface area contributed by atoms with Crippen LogP contribution in [0.1, 0.15) is 5.69 Å². The van der Waals surface area contributed by atoms with E-state index < -0.39 is 17.2 Å². The predicted octanol–water partition coefficient (Wildman–Crippen LogP) is 5.61. The number of alkyl halides is 3. The highest BCUT2D eigenvalue weighted by molar-refractivity contribution is 7.99. The number of benzene rings is 1. The fraction of sp³-hybridized carbons (Fsp3) is 0.0909. The first-order valence-corrected chi connectivity index (χ1v) is 6.95. The van der Waals surface area contributed by atoms with Crippen LogP contribution in [-0.2, 0) is 6.18 Å². The van der Waals surface area contributed by atoms with Gasteiger partial charge in [0.05, 0.1) is 10.0 Å². The van der Waals surface area contributed by atoms with Crippen LogP contribution < -0.4 is 0 Å². The summed E-state index contributed by atoms with van der Waals surface area (Å²) in [5, 5.41) is 0.249. The molecule has 106 valence electrons. The molecule has 0 radical (unpaired) electrons. The smallest absolute Gasteiger partial charge is 0.213 e. The molecule has 2 nitrogen and oxygen atoms in total. The molecule has 0 fully saturated rings. The SMILES string of the molecule is FC(F)(F)c1cc(Sc2ccc(Cl)c(Cl)c2)nc(Cl)n1. The second kappa shape index (κ2) is 5.97. The molecule has 0 aliphatic carbocycles. The van der Waals surface area contributed by atoms with Crippen LogP contribution in [0.5, 0.6) is 0 Å². The van der Waals surface area contributed by atoms with Gasteiger partial charge in [0.1, 0.15) is 5.03 Å². The maximum atomic E-state index is 12.6. The van der Waals surface area contributed by atoms with E-state index in [1.165, 1.54) is 6.07 Å². The summed E-state index contributed by atoms with van der Waals surface area (Å²) >= 11 is 18.1. The minimum atomic E-state index is -4.58. The molecule has 0 atom stereocenters. The Morgan fingerprint density at radius 1 is 0.950 bits per heavy atom. The van der Waals surface area contributed by atoms with E-state index in [4.69, 9.17) is 34.8 Å². The second-order valence-electron chi connectivity index (χ2n) is 3.54. The average Bonchev–Trinajstić information content (AvgIpc) is 2.32. The van der Waals surface area contributed by atoms with Crippen LogP contribution in [0.15, 0.2) is 34.2 Å². The highest BCUT2D eigenvalue weighted by Crippen LogP contribution is 2.35. The Bertz CT molecular complexity index is 649. The van der Waals surface area contributed by atoms with Gasteiger partial charge in [-0.15, -0.1) is 0 Å².